The number of amides is 1. The molecule has 2 aromatic rings. The van der Waals surface area contributed by atoms with E-state index in [1.807, 2.05) is 25.8 Å². The summed E-state index contributed by atoms with van der Waals surface area (Å²) in [6.07, 6.45) is 1.28. The maximum absolute atomic E-state index is 15.5. The molecule has 4 heterocycles. The van der Waals surface area contributed by atoms with Gasteiger partial charge in [-0.1, -0.05) is 0 Å². The minimum atomic E-state index is -1.89. The SMILES string of the molecule is CN1CCC(F)(C(=O)N2Cc3c(Nc4nc(Cl)ncc4F)n[nH]c3C2(C)C)CC1. The molecule has 0 spiro atoms. The summed E-state index contributed by atoms with van der Waals surface area (Å²) >= 11 is 5.74. The number of nitrogens with one attached hydrogen (secondary N) is 2. The zero-order valence-corrected chi connectivity index (χ0v) is 17.1. The van der Waals surface area contributed by atoms with E-state index in [1.165, 1.54) is 4.90 Å². The van der Waals surface area contributed by atoms with Crippen molar-refractivity contribution in [3.63, 3.8) is 0 Å². The van der Waals surface area contributed by atoms with Crippen molar-refractivity contribution < 1.29 is 13.6 Å². The number of aromatic amines is 1. The van der Waals surface area contributed by atoms with E-state index >= 15 is 4.39 Å². The van der Waals surface area contributed by atoms with Crippen LogP contribution in [0.5, 0.6) is 0 Å². The van der Waals surface area contributed by atoms with Crippen molar-refractivity contribution in [3.05, 3.63) is 28.6 Å². The van der Waals surface area contributed by atoms with E-state index in [-0.39, 0.29) is 30.5 Å². The average Bonchev–Trinajstić information content (AvgIpc) is 3.19. The molecule has 1 amide bonds. The smallest absolute Gasteiger partial charge is 0.261 e. The molecule has 29 heavy (non-hydrogen) atoms. The number of alkyl halides is 1. The molecule has 1 saturated heterocycles. The predicted octanol–water partition coefficient (Wildman–Crippen LogP) is 2.75. The van der Waals surface area contributed by atoms with Crippen LogP contribution in [0.4, 0.5) is 20.4 Å². The molecule has 0 bridgehead atoms. The third-order valence-corrected chi connectivity index (χ3v) is 6.01. The molecular formula is C18H22ClF2N7O. The van der Waals surface area contributed by atoms with Gasteiger partial charge >= 0.3 is 0 Å². The van der Waals surface area contributed by atoms with E-state index in [2.05, 4.69) is 25.5 Å². The molecular weight excluding hydrogens is 404 g/mol. The second-order valence-corrected chi connectivity index (χ2v) is 8.44. The van der Waals surface area contributed by atoms with Crippen molar-refractivity contribution in [2.45, 2.75) is 44.4 Å². The number of carbonyl (C=O) groups excluding carboxylic acids is 1. The molecule has 11 heteroatoms. The summed E-state index contributed by atoms with van der Waals surface area (Å²) in [5, 5.41) is 9.77. The molecule has 2 aromatic heterocycles. The van der Waals surface area contributed by atoms with Gasteiger partial charge in [0.1, 0.15) is 0 Å². The van der Waals surface area contributed by atoms with Crippen LogP contribution < -0.4 is 5.32 Å². The standard InChI is InChI=1S/C18H22ClF2N7O/c1-17(2)12-10(9-28(17)15(29)18(21)4-6-27(3)7-5-18)13(26-25-12)23-14-11(20)8-22-16(19)24-14/h8H,4-7,9H2,1-3H3,(H2,22,23,24,25,26). The number of carbonyl (C=O) groups is 1. The monoisotopic (exact) mass is 425 g/mol. The molecule has 2 aliphatic heterocycles. The highest BCUT2D eigenvalue weighted by Gasteiger charge is 2.51. The molecule has 0 atom stereocenters. The molecule has 2 aliphatic rings. The Morgan fingerprint density at radius 3 is 2.69 bits per heavy atom. The van der Waals surface area contributed by atoms with E-state index in [0.29, 0.717) is 30.2 Å². The summed E-state index contributed by atoms with van der Waals surface area (Å²) in [5.41, 5.74) is -1.34. The number of anilines is 2. The molecule has 0 unspecified atom stereocenters. The van der Waals surface area contributed by atoms with Gasteiger partial charge in [-0.05, 0) is 32.5 Å². The lowest BCUT2D eigenvalue weighted by molar-refractivity contribution is -0.153. The van der Waals surface area contributed by atoms with Crippen LogP contribution in [-0.2, 0) is 16.9 Å². The van der Waals surface area contributed by atoms with Gasteiger partial charge in [-0.25, -0.2) is 13.8 Å². The normalized spacial score (nSPS) is 20.6. The van der Waals surface area contributed by atoms with Crippen molar-refractivity contribution >= 4 is 29.1 Å². The molecule has 0 saturated carbocycles. The van der Waals surface area contributed by atoms with Gasteiger partial charge in [0.15, 0.2) is 23.1 Å². The third kappa shape index (κ3) is 3.33. The highest BCUT2D eigenvalue weighted by Crippen LogP contribution is 2.43. The highest BCUT2D eigenvalue weighted by molar-refractivity contribution is 6.28. The fraction of sp³-hybridized carbons (Fsp3) is 0.556. The third-order valence-electron chi connectivity index (χ3n) is 5.83. The Hall–Kier alpha value is -2.33. The number of aromatic nitrogens is 4. The van der Waals surface area contributed by atoms with Gasteiger partial charge in [0.25, 0.3) is 5.91 Å². The molecule has 4 rings (SSSR count). The summed E-state index contributed by atoms with van der Waals surface area (Å²) in [6.45, 7) is 4.88. The molecule has 0 aliphatic carbocycles. The van der Waals surface area contributed by atoms with Gasteiger partial charge in [0, 0.05) is 31.5 Å². The Morgan fingerprint density at radius 2 is 2.00 bits per heavy atom. The second kappa shape index (κ2) is 6.88. The summed E-state index contributed by atoms with van der Waals surface area (Å²) in [7, 11) is 1.91. The number of halogens is 3. The van der Waals surface area contributed by atoms with Crippen LogP contribution in [0, 0.1) is 5.82 Å². The van der Waals surface area contributed by atoms with Gasteiger partial charge in [0.2, 0.25) is 5.28 Å². The topological polar surface area (TPSA) is 90.0 Å². The van der Waals surface area contributed by atoms with Crippen LogP contribution in [0.3, 0.4) is 0 Å². The first-order chi connectivity index (χ1) is 13.6. The second-order valence-electron chi connectivity index (χ2n) is 8.11. The number of hydrogen-bond donors (Lipinski definition) is 2. The van der Waals surface area contributed by atoms with Crippen molar-refractivity contribution in [1.82, 2.24) is 30.0 Å². The van der Waals surface area contributed by atoms with Crippen LogP contribution in [0.25, 0.3) is 0 Å². The van der Waals surface area contributed by atoms with Gasteiger partial charge < -0.3 is 15.1 Å². The van der Waals surface area contributed by atoms with E-state index in [0.717, 1.165) is 6.20 Å². The van der Waals surface area contributed by atoms with Crippen molar-refractivity contribution in [2.75, 3.05) is 25.5 Å². The van der Waals surface area contributed by atoms with Crippen molar-refractivity contribution in [3.8, 4) is 0 Å². The Kier molecular flexibility index (Phi) is 4.73. The predicted molar refractivity (Wildman–Crippen MR) is 103 cm³/mol. The van der Waals surface area contributed by atoms with Gasteiger partial charge in [-0.15, -0.1) is 0 Å². The highest BCUT2D eigenvalue weighted by atomic mass is 35.5. The van der Waals surface area contributed by atoms with E-state index in [9.17, 15) is 9.18 Å². The largest absolute Gasteiger partial charge is 0.325 e. The molecule has 0 aromatic carbocycles. The van der Waals surface area contributed by atoms with Crippen LogP contribution in [0.2, 0.25) is 5.28 Å². The number of fused-ring (bicyclic) bond motifs is 1. The van der Waals surface area contributed by atoms with Gasteiger partial charge in [0.05, 0.1) is 24.0 Å². The molecule has 1 fully saturated rings. The van der Waals surface area contributed by atoms with Gasteiger partial charge in [-0.3, -0.25) is 9.89 Å². The summed E-state index contributed by atoms with van der Waals surface area (Å²) in [5.74, 6) is -1.03. The van der Waals surface area contributed by atoms with Crippen LogP contribution >= 0.6 is 11.6 Å². The minimum Gasteiger partial charge on any atom is -0.325 e. The Labute approximate surface area is 171 Å². The Bertz CT molecular complexity index is 956. The molecule has 2 N–H and O–H groups in total. The zero-order valence-electron chi connectivity index (χ0n) is 16.4. The number of H-pyrrole nitrogens is 1. The summed E-state index contributed by atoms with van der Waals surface area (Å²) in [4.78, 5) is 24.1. The van der Waals surface area contributed by atoms with Crippen molar-refractivity contribution in [1.29, 1.82) is 0 Å². The average molecular weight is 426 g/mol. The molecule has 0 radical (unpaired) electrons. The number of piperidine rings is 1. The quantitative estimate of drug-likeness (QED) is 0.735. The van der Waals surface area contributed by atoms with E-state index < -0.39 is 22.9 Å². The maximum atomic E-state index is 15.5. The first kappa shape index (κ1) is 20.0. The minimum absolute atomic E-state index is 0.111. The van der Waals surface area contributed by atoms with Gasteiger partial charge in [-0.2, -0.15) is 10.1 Å². The van der Waals surface area contributed by atoms with Crippen LogP contribution in [0.15, 0.2) is 6.20 Å². The lowest BCUT2D eigenvalue weighted by Gasteiger charge is -2.40. The fourth-order valence-electron chi connectivity index (χ4n) is 3.92. The fourth-order valence-corrected chi connectivity index (χ4v) is 4.05. The summed E-state index contributed by atoms with van der Waals surface area (Å²) in [6, 6.07) is 0. The number of nitrogens with zero attached hydrogens (tertiary/aromatic N) is 5. The Morgan fingerprint density at radius 1 is 1.31 bits per heavy atom. The molecule has 156 valence electrons. The number of rotatable bonds is 3. The Balaban J connectivity index is 1.61. The van der Waals surface area contributed by atoms with E-state index in [1.54, 1.807) is 0 Å². The van der Waals surface area contributed by atoms with Crippen molar-refractivity contribution in [2.24, 2.45) is 0 Å². The van der Waals surface area contributed by atoms with Crippen LogP contribution in [0.1, 0.15) is 37.9 Å². The zero-order chi connectivity index (χ0) is 21.0. The first-order valence-corrected chi connectivity index (χ1v) is 9.72. The number of hydrogen-bond acceptors (Lipinski definition) is 6. The number of likely N-dealkylation sites (tertiary alicyclic amines) is 1. The van der Waals surface area contributed by atoms with E-state index in [4.69, 9.17) is 11.6 Å². The lowest BCUT2D eigenvalue weighted by Crippen LogP contribution is -2.54. The van der Waals surface area contributed by atoms with Crippen LogP contribution in [-0.4, -0.2) is 61.7 Å². The first-order valence-electron chi connectivity index (χ1n) is 9.34. The maximum Gasteiger partial charge on any atom is 0.261 e. The summed E-state index contributed by atoms with van der Waals surface area (Å²) < 4.78 is 29.5. The lowest BCUT2D eigenvalue weighted by atomic mass is 9.90. The molecule has 8 nitrogen and oxygen atoms in total.